The lowest BCUT2D eigenvalue weighted by molar-refractivity contribution is 0.182. The zero-order valence-electron chi connectivity index (χ0n) is 12.4. The lowest BCUT2D eigenvalue weighted by Gasteiger charge is -2.19. The Bertz CT molecular complexity index is 605. The number of anilines is 2. The molecular weight excluding hydrogens is 271 g/mol. The molecule has 1 aromatic heterocycles. The molecule has 0 saturated heterocycles. The lowest BCUT2D eigenvalue weighted by atomic mass is 10.1. The molecule has 114 valence electrons. The molecule has 0 fully saturated rings. The molecule has 0 aliphatic rings. The number of nitrogens with one attached hydrogen (secondary N) is 1. The first kappa shape index (κ1) is 15.4. The number of halogens is 1. The van der Waals surface area contributed by atoms with Crippen LogP contribution in [0.1, 0.15) is 26.2 Å². The van der Waals surface area contributed by atoms with Gasteiger partial charge in [0.15, 0.2) is 0 Å². The van der Waals surface area contributed by atoms with Crippen LogP contribution in [0.3, 0.4) is 0 Å². The number of hydrogen-bond acceptors (Lipinski definition) is 5. The number of nitrogens with two attached hydrogens (primary N) is 1. The largest absolute Gasteiger partial charge is 0.383 e. The number of aromatic nitrogens is 2. The first-order chi connectivity index (χ1) is 10.2. The fraction of sp³-hybridized carbons (Fsp3) is 0.467. The van der Waals surface area contributed by atoms with Crippen molar-refractivity contribution in [3.05, 3.63) is 24.0 Å². The Morgan fingerprint density at radius 2 is 2.19 bits per heavy atom. The Balaban J connectivity index is 2.35. The lowest BCUT2D eigenvalue weighted by Crippen LogP contribution is -2.26. The molecule has 5 nitrogen and oxygen atoms in total. The Morgan fingerprint density at radius 3 is 2.90 bits per heavy atom. The van der Waals surface area contributed by atoms with Crippen molar-refractivity contribution in [3.63, 3.8) is 0 Å². The van der Waals surface area contributed by atoms with Gasteiger partial charge in [-0.2, -0.15) is 4.98 Å². The maximum Gasteiger partial charge on any atom is 0.222 e. The zero-order chi connectivity index (χ0) is 15.2. The summed E-state index contributed by atoms with van der Waals surface area (Å²) >= 11 is 0. The summed E-state index contributed by atoms with van der Waals surface area (Å²) in [4.78, 5) is 8.22. The van der Waals surface area contributed by atoms with Crippen LogP contribution in [-0.4, -0.2) is 29.7 Å². The Morgan fingerprint density at radius 1 is 1.38 bits per heavy atom. The molecule has 0 aliphatic heterocycles. The molecule has 0 aliphatic carbocycles. The second-order valence-corrected chi connectivity index (χ2v) is 5.00. The maximum atomic E-state index is 14.1. The van der Waals surface area contributed by atoms with Crippen molar-refractivity contribution < 1.29 is 9.13 Å². The van der Waals surface area contributed by atoms with Gasteiger partial charge in [-0.3, -0.25) is 0 Å². The number of ether oxygens (including phenoxy) is 1. The Kier molecular flexibility index (Phi) is 5.27. The molecule has 0 radical (unpaired) electrons. The van der Waals surface area contributed by atoms with Crippen LogP contribution in [0, 0.1) is 5.82 Å². The minimum atomic E-state index is -0.360. The van der Waals surface area contributed by atoms with Gasteiger partial charge in [0.05, 0.1) is 23.6 Å². The molecule has 3 N–H and O–H groups in total. The van der Waals surface area contributed by atoms with E-state index in [0.717, 1.165) is 19.3 Å². The van der Waals surface area contributed by atoms with Gasteiger partial charge in [0.1, 0.15) is 11.6 Å². The Hall–Kier alpha value is -1.95. The van der Waals surface area contributed by atoms with Crippen LogP contribution in [-0.2, 0) is 4.74 Å². The number of rotatable bonds is 7. The van der Waals surface area contributed by atoms with Gasteiger partial charge in [0.25, 0.3) is 0 Å². The van der Waals surface area contributed by atoms with Crippen molar-refractivity contribution >= 4 is 22.7 Å². The topological polar surface area (TPSA) is 73.1 Å². The van der Waals surface area contributed by atoms with Gasteiger partial charge in [-0.05, 0) is 18.6 Å². The van der Waals surface area contributed by atoms with Gasteiger partial charge in [-0.15, -0.1) is 0 Å². The molecule has 0 amide bonds. The number of hydrogen-bond donors (Lipinski definition) is 2. The number of nitrogen functional groups attached to an aromatic ring is 1. The van der Waals surface area contributed by atoms with Gasteiger partial charge in [-0.25, -0.2) is 9.37 Å². The van der Waals surface area contributed by atoms with Gasteiger partial charge < -0.3 is 15.8 Å². The monoisotopic (exact) mass is 292 g/mol. The summed E-state index contributed by atoms with van der Waals surface area (Å²) in [6.45, 7) is 2.65. The number of methoxy groups -OCH3 is 1. The van der Waals surface area contributed by atoms with E-state index in [-0.39, 0.29) is 17.8 Å². The highest BCUT2D eigenvalue weighted by molar-refractivity contribution is 5.90. The fourth-order valence-corrected chi connectivity index (χ4v) is 2.31. The summed E-state index contributed by atoms with van der Waals surface area (Å²) in [5.41, 5.74) is 6.21. The van der Waals surface area contributed by atoms with E-state index in [1.165, 1.54) is 6.07 Å². The molecule has 0 bridgehead atoms. The highest BCUT2D eigenvalue weighted by atomic mass is 19.1. The SMILES string of the molecule is CCCCC(COC)Nc1nc(N)nc2cccc(F)c12. The first-order valence-electron chi connectivity index (χ1n) is 7.13. The number of nitrogens with zero attached hydrogens (tertiary/aromatic N) is 2. The van der Waals surface area contributed by atoms with E-state index < -0.39 is 0 Å². The van der Waals surface area contributed by atoms with E-state index >= 15 is 0 Å². The van der Waals surface area contributed by atoms with E-state index in [1.807, 2.05) is 0 Å². The number of benzene rings is 1. The van der Waals surface area contributed by atoms with E-state index in [9.17, 15) is 4.39 Å². The minimum absolute atomic E-state index is 0.0621. The molecule has 1 unspecified atom stereocenters. The van der Waals surface area contributed by atoms with Gasteiger partial charge in [0, 0.05) is 7.11 Å². The van der Waals surface area contributed by atoms with E-state index in [2.05, 4.69) is 22.2 Å². The third-order valence-electron chi connectivity index (χ3n) is 3.30. The molecule has 1 heterocycles. The fourth-order valence-electron chi connectivity index (χ4n) is 2.31. The van der Waals surface area contributed by atoms with E-state index in [0.29, 0.717) is 23.3 Å². The van der Waals surface area contributed by atoms with Crippen molar-refractivity contribution in [2.24, 2.45) is 0 Å². The zero-order valence-corrected chi connectivity index (χ0v) is 12.4. The second-order valence-electron chi connectivity index (χ2n) is 5.00. The van der Waals surface area contributed by atoms with Crippen LogP contribution in [0.25, 0.3) is 10.9 Å². The predicted octanol–water partition coefficient (Wildman–Crippen LogP) is 2.97. The third-order valence-corrected chi connectivity index (χ3v) is 3.30. The van der Waals surface area contributed by atoms with E-state index in [1.54, 1.807) is 19.2 Å². The van der Waals surface area contributed by atoms with Gasteiger partial charge >= 0.3 is 0 Å². The second kappa shape index (κ2) is 7.17. The van der Waals surface area contributed by atoms with Gasteiger partial charge in [0.2, 0.25) is 5.95 Å². The van der Waals surface area contributed by atoms with Crippen molar-refractivity contribution in [2.45, 2.75) is 32.2 Å². The van der Waals surface area contributed by atoms with Crippen molar-refractivity contribution in [1.29, 1.82) is 0 Å². The maximum absolute atomic E-state index is 14.1. The molecule has 2 aromatic rings. The summed E-state index contributed by atoms with van der Waals surface area (Å²) in [7, 11) is 1.65. The van der Waals surface area contributed by atoms with Crippen LogP contribution in [0.5, 0.6) is 0 Å². The minimum Gasteiger partial charge on any atom is -0.383 e. The first-order valence-corrected chi connectivity index (χ1v) is 7.13. The summed E-state index contributed by atoms with van der Waals surface area (Å²) in [6.07, 6.45) is 3.06. The standard InChI is InChI=1S/C15H21FN4O/c1-3-4-6-10(9-21-2)18-14-13-11(16)7-5-8-12(13)19-15(17)20-14/h5,7-8,10H,3-4,6,9H2,1-2H3,(H3,17,18,19,20). The van der Waals surface area contributed by atoms with Crippen molar-refractivity contribution in [2.75, 3.05) is 24.8 Å². The van der Waals surface area contributed by atoms with Crippen molar-refractivity contribution in [1.82, 2.24) is 9.97 Å². The van der Waals surface area contributed by atoms with Crippen LogP contribution in [0.15, 0.2) is 18.2 Å². The van der Waals surface area contributed by atoms with E-state index in [4.69, 9.17) is 10.5 Å². The number of unbranched alkanes of at least 4 members (excludes halogenated alkanes) is 1. The summed E-state index contributed by atoms with van der Waals surface area (Å²) in [5.74, 6) is 0.192. The van der Waals surface area contributed by atoms with Crippen LogP contribution in [0.2, 0.25) is 0 Å². The summed E-state index contributed by atoms with van der Waals surface area (Å²) < 4.78 is 19.3. The molecule has 0 spiro atoms. The highest BCUT2D eigenvalue weighted by Gasteiger charge is 2.15. The summed E-state index contributed by atoms with van der Waals surface area (Å²) in [6, 6.07) is 4.79. The average Bonchev–Trinajstić information content (AvgIpc) is 2.44. The number of fused-ring (bicyclic) bond motifs is 1. The molecule has 1 atom stereocenters. The highest BCUT2D eigenvalue weighted by Crippen LogP contribution is 2.25. The Labute approximate surface area is 123 Å². The van der Waals surface area contributed by atoms with Gasteiger partial charge in [-0.1, -0.05) is 25.8 Å². The normalized spacial score (nSPS) is 12.5. The van der Waals surface area contributed by atoms with Crippen LogP contribution < -0.4 is 11.1 Å². The molecule has 0 saturated carbocycles. The molecular formula is C15H21FN4O. The summed E-state index contributed by atoms with van der Waals surface area (Å²) in [5, 5.41) is 3.61. The van der Waals surface area contributed by atoms with Crippen LogP contribution in [0.4, 0.5) is 16.2 Å². The third kappa shape index (κ3) is 3.78. The molecule has 1 aromatic carbocycles. The average molecular weight is 292 g/mol. The quantitative estimate of drug-likeness (QED) is 0.820. The molecule has 21 heavy (non-hydrogen) atoms. The molecule has 6 heteroatoms. The predicted molar refractivity (Wildman–Crippen MR) is 82.7 cm³/mol. The molecule has 2 rings (SSSR count). The van der Waals surface area contributed by atoms with Crippen molar-refractivity contribution in [3.8, 4) is 0 Å². The smallest absolute Gasteiger partial charge is 0.222 e. The van der Waals surface area contributed by atoms with Crippen LogP contribution >= 0.6 is 0 Å².